The summed E-state index contributed by atoms with van der Waals surface area (Å²) in [5, 5.41) is 13.0. The highest BCUT2D eigenvalue weighted by Gasteiger charge is 2.62. The Morgan fingerprint density at radius 2 is 1.95 bits per heavy atom. The summed E-state index contributed by atoms with van der Waals surface area (Å²) in [5.41, 5.74) is 2.76. The lowest BCUT2D eigenvalue weighted by atomic mass is 9.97. The SMILES string of the molecule is CC(C)OC(=O)[C@H](C)NP(=O)(OC[C@@]1(C(F)F)O[C@@H](n2cnc3c(N)ncnc32)[C@H](F)[C@@H]1O)Oc1ccccc1. The second-order valence-corrected chi connectivity index (χ2v) is 10.9. The molecule has 1 aliphatic heterocycles. The van der Waals surface area contributed by atoms with Crippen molar-refractivity contribution in [3.8, 4) is 5.75 Å². The monoisotopic (exact) mass is 588 g/mol. The van der Waals surface area contributed by atoms with E-state index in [0.717, 1.165) is 17.2 Å². The quantitative estimate of drug-likeness (QED) is 0.221. The molecule has 13 nitrogen and oxygen atoms in total. The molecule has 17 heteroatoms. The van der Waals surface area contributed by atoms with Crippen molar-refractivity contribution in [1.82, 2.24) is 24.6 Å². The Kier molecular flexibility index (Phi) is 8.66. The average molecular weight is 588 g/mol. The lowest BCUT2D eigenvalue weighted by molar-refractivity contribution is -0.191. The molecule has 40 heavy (non-hydrogen) atoms. The van der Waals surface area contributed by atoms with Crippen LogP contribution in [0.15, 0.2) is 43.0 Å². The minimum Gasteiger partial charge on any atom is -0.462 e. The maximum absolute atomic E-state index is 15.4. The van der Waals surface area contributed by atoms with Crippen LogP contribution in [0.3, 0.4) is 0 Å². The number of nitrogens with zero attached hydrogens (tertiary/aromatic N) is 4. The van der Waals surface area contributed by atoms with Gasteiger partial charge in [0.2, 0.25) is 0 Å². The molecule has 0 saturated carbocycles. The largest absolute Gasteiger partial charge is 0.462 e. The zero-order valence-electron chi connectivity index (χ0n) is 21.6. The van der Waals surface area contributed by atoms with Crippen LogP contribution in [0.4, 0.5) is 19.0 Å². The molecule has 218 valence electrons. The van der Waals surface area contributed by atoms with Crippen LogP contribution in [-0.4, -0.2) is 73.6 Å². The van der Waals surface area contributed by atoms with E-state index in [0.29, 0.717) is 0 Å². The average Bonchev–Trinajstić information content (AvgIpc) is 3.43. The molecule has 0 bridgehead atoms. The number of para-hydroxylation sites is 1. The van der Waals surface area contributed by atoms with Gasteiger partial charge in [0.1, 0.15) is 29.7 Å². The van der Waals surface area contributed by atoms with Crippen LogP contribution in [0.5, 0.6) is 5.75 Å². The minimum atomic E-state index is -4.66. The number of rotatable bonds is 11. The molecule has 0 amide bonds. The van der Waals surface area contributed by atoms with Crippen molar-refractivity contribution in [2.75, 3.05) is 12.3 Å². The molecule has 1 aromatic carbocycles. The Labute approximate surface area is 226 Å². The number of nitrogens with one attached hydrogen (secondary N) is 1. The zero-order valence-corrected chi connectivity index (χ0v) is 22.5. The number of benzene rings is 1. The summed E-state index contributed by atoms with van der Waals surface area (Å²) in [5.74, 6) is -0.866. The first kappa shape index (κ1) is 29.7. The maximum Gasteiger partial charge on any atom is 0.459 e. The third-order valence-electron chi connectivity index (χ3n) is 5.93. The number of imidazole rings is 1. The molecule has 4 rings (SSSR count). The number of nitrogens with two attached hydrogens (primary N) is 1. The molecule has 0 spiro atoms. The number of alkyl halides is 3. The lowest BCUT2D eigenvalue weighted by Crippen LogP contribution is -2.52. The Bertz CT molecular complexity index is 1380. The number of aliphatic hydroxyl groups is 1. The second-order valence-electron chi connectivity index (χ2n) is 9.25. The Balaban J connectivity index is 1.62. The predicted octanol–water partition coefficient (Wildman–Crippen LogP) is 2.77. The number of aromatic nitrogens is 4. The van der Waals surface area contributed by atoms with Gasteiger partial charge in [-0.1, -0.05) is 18.2 Å². The normalized spacial score (nSPS) is 25.3. The number of halogens is 3. The van der Waals surface area contributed by atoms with Crippen LogP contribution in [-0.2, 0) is 23.4 Å². The molecule has 6 atom stereocenters. The number of hydrogen-bond donors (Lipinski definition) is 3. The van der Waals surface area contributed by atoms with E-state index in [9.17, 15) is 23.2 Å². The van der Waals surface area contributed by atoms with Crippen LogP contribution < -0.4 is 15.3 Å². The van der Waals surface area contributed by atoms with E-state index in [-0.39, 0.29) is 22.7 Å². The first-order valence-corrected chi connectivity index (χ1v) is 13.6. The van der Waals surface area contributed by atoms with Crippen LogP contribution >= 0.6 is 7.75 Å². The third-order valence-corrected chi connectivity index (χ3v) is 7.56. The number of carbonyl (C=O) groups is 1. The summed E-state index contributed by atoms with van der Waals surface area (Å²) < 4.78 is 80.4. The molecule has 0 aliphatic carbocycles. The van der Waals surface area contributed by atoms with Crippen molar-refractivity contribution >= 4 is 30.7 Å². The lowest BCUT2D eigenvalue weighted by Gasteiger charge is -2.32. The fourth-order valence-corrected chi connectivity index (χ4v) is 5.47. The first-order chi connectivity index (χ1) is 18.9. The fourth-order valence-electron chi connectivity index (χ4n) is 3.93. The van der Waals surface area contributed by atoms with E-state index < -0.39 is 63.0 Å². The van der Waals surface area contributed by atoms with Crippen LogP contribution in [0.2, 0.25) is 0 Å². The van der Waals surface area contributed by atoms with Crippen molar-refractivity contribution in [3.05, 3.63) is 43.0 Å². The fraction of sp³-hybridized carbons (Fsp3) is 0.478. The van der Waals surface area contributed by atoms with E-state index in [1.807, 2.05) is 0 Å². The highest BCUT2D eigenvalue weighted by Crippen LogP contribution is 2.50. The smallest absolute Gasteiger partial charge is 0.459 e. The summed E-state index contributed by atoms with van der Waals surface area (Å²) in [6.07, 6.45) is -8.64. The number of hydrogen-bond acceptors (Lipinski definition) is 11. The van der Waals surface area contributed by atoms with Crippen molar-refractivity contribution in [2.24, 2.45) is 0 Å². The Morgan fingerprint density at radius 1 is 1.25 bits per heavy atom. The molecule has 1 unspecified atom stereocenters. The highest BCUT2D eigenvalue weighted by atomic mass is 31.2. The first-order valence-electron chi connectivity index (χ1n) is 12.1. The molecule has 0 radical (unpaired) electrons. The van der Waals surface area contributed by atoms with Gasteiger partial charge in [0.05, 0.1) is 19.0 Å². The molecule has 4 N–H and O–H groups in total. The van der Waals surface area contributed by atoms with Gasteiger partial charge < -0.3 is 24.8 Å². The van der Waals surface area contributed by atoms with Gasteiger partial charge in [0.15, 0.2) is 29.5 Å². The number of esters is 1. The summed E-state index contributed by atoms with van der Waals surface area (Å²) >= 11 is 0. The molecule has 2 aromatic heterocycles. The van der Waals surface area contributed by atoms with Crippen molar-refractivity contribution in [2.45, 2.75) is 63.4 Å². The van der Waals surface area contributed by atoms with Gasteiger partial charge in [0.25, 0.3) is 6.43 Å². The Morgan fingerprint density at radius 3 is 2.60 bits per heavy atom. The van der Waals surface area contributed by atoms with E-state index >= 15 is 4.39 Å². The molecule has 1 fully saturated rings. The minimum absolute atomic E-state index is 0.00477. The summed E-state index contributed by atoms with van der Waals surface area (Å²) in [4.78, 5) is 24.0. The number of fused-ring (bicyclic) bond motifs is 1. The van der Waals surface area contributed by atoms with Gasteiger partial charge in [0, 0.05) is 0 Å². The standard InChI is InChI=1S/C23H28F3N6O7P/c1-12(2)37-21(34)13(3)31-40(35,39-14-7-5-4-6-8-14)36-9-23(22(25)26)17(33)15(24)20(38-23)32-11-30-16-18(27)28-10-29-19(16)32/h4-8,10-13,15,17,20,22,33H,9H2,1-3H3,(H,31,35)(H2,27,28,29)/t13-,15+,17-,20+,23+,40?/m0/s1. The predicted molar refractivity (Wildman–Crippen MR) is 134 cm³/mol. The van der Waals surface area contributed by atoms with Gasteiger partial charge in [-0.05, 0) is 32.9 Å². The van der Waals surface area contributed by atoms with Gasteiger partial charge in [-0.25, -0.2) is 32.7 Å². The summed E-state index contributed by atoms with van der Waals surface area (Å²) in [6, 6.07) is 6.27. The van der Waals surface area contributed by atoms with Crippen LogP contribution in [0, 0.1) is 0 Å². The van der Waals surface area contributed by atoms with Crippen molar-refractivity contribution in [3.63, 3.8) is 0 Å². The molecule has 3 aromatic rings. The van der Waals surface area contributed by atoms with Gasteiger partial charge in [-0.15, -0.1) is 0 Å². The molecular weight excluding hydrogens is 560 g/mol. The molecule has 1 aliphatic rings. The van der Waals surface area contributed by atoms with Crippen LogP contribution in [0.25, 0.3) is 11.2 Å². The molecular formula is C23H28F3N6O7P. The zero-order chi connectivity index (χ0) is 29.2. The number of ether oxygens (including phenoxy) is 2. The van der Waals surface area contributed by atoms with Gasteiger partial charge >= 0.3 is 13.7 Å². The van der Waals surface area contributed by atoms with Gasteiger partial charge in [-0.2, -0.15) is 5.09 Å². The summed E-state index contributed by atoms with van der Waals surface area (Å²) in [7, 11) is -4.66. The third kappa shape index (κ3) is 5.90. The van der Waals surface area contributed by atoms with E-state index in [4.69, 9.17) is 24.3 Å². The Hall–Kier alpha value is -3.30. The second kappa shape index (κ2) is 11.7. The van der Waals surface area contributed by atoms with E-state index in [1.165, 1.54) is 19.1 Å². The number of aliphatic hydroxyl groups excluding tert-OH is 1. The van der Waals surface area contributed by atoms with Gasteiger partial charge in [-0.3, -0.25) is 13.9 Å². The molecule has 3 heterocycles. The van der Waals surface area contributed by atoms with Crippen LogP contribution in [0.1, 0.15) is 27.0 Å². The van der Waals surface area contributed by atoms with E-state index in [2.05, 4.69) is 20.0 Å². The van der Waals surface area contributed by atoms with Crippen molar-refractivity contribution in [1.29, 1.82) is 0 Å². The molecule has 1 saturated heterocycles. The summed E-state index contributed by atoms with van der Waals surface area (Å²) in [6.45, 7) is 3.18. The van der Waals surface area contributed by atoms with E-state index in [1.54, 1.807) is 32.0 Å². The number of nitrogen functional groups attached to an aromatic ring is 1. The number of carbonyl (C=O) groups excluding carboxylic acids is 1. The number of anilines is 1. The maximum atomic E-state index is 15.4. The van der Waals surface area contributed by atoms with Crippen molar-refractivity contribution < 1.29 is 46.2 Å². The topological polar surface area (TPSA) is 173 Å². The highest BCUT2D eigenvalue weighted by molar-refractivity contribution is 7.52.